The van der Waals surface area contributed by atoms with Gasteiger partial charge in [-0.2, -0.15) is 0 Å². The molecule has 1 aliphatic carbocycles. The Labute approximate surface area is 181 Å². The number of thioether (sulfide) groups is 1. The molecule has 1 fully saturated rings. The molecule has 0 bridgehead atoms. The summed E-state index contributed by atoms with van der Waals surface area (Å²) in [6.07, 6.45) is 2.26. The molecule has 2 heterocycles. The average Bonchev–Trinajstić information content (AvgIpc) is 3.36. The predicted octanol–water partition coefficient (Wildman–Crippen LogP) is 4.96. The van der Waals surface area contributed by atoms with Crippen LogP contribution >= 0.6 is 11.8 Å². The molecule has 1 aliphatic rings. The Balaban J connectivity index is 1.35. The van der Waals surface area contributed by atoms with E-state index in [1.165, 1.54) is 23.9 Å². The van der Waals surface area contributed by atoms with Crippen LogP contribution in [0.4, 0.5) is 5.69 Å². The quantitative estimate of drug-likeness (QED) is 0.228. The third-order valence-electron chi connectivity index (χ3n) is 4.95. The standard InChI is InChI=1S/C21H18N6O3S/c1-13(19-23-24-20(30-19)15-9-11-17(12-10-15)27(28)29)31-21-22-18(14-7-8-14)26(25-21)16-5-3-2-4-6-16/h2-6,9-14H,7-8H2,1H3. The van der Waals surface area contributed by atoms with Crippen LogP contribution < -0.4 is 0 Å². The van der Waals surface area contributed by atoms with Gasteiger partial charge in [-0.1, -0.05) is 30.0 Å². The number of benzene rings is 2. The minimum absolute atomic E-state index is 0.0129. The zero-order chi connectivity index (χ0) is 21.4. The Morgan fingerprint density at radius 2 is 1.87 bits per heavy atom. The van der Waals surface area contributed by atoms with Crippen molar-refractivity contribution in [3.05, 3.63) is 76.4 Å². The minimum Gasteiger partial charge on any atom is -0.419 e. The third-order valence-corrected chi connectivity index (χ3v) is 5.89. The van der Waals surface area contributed by atoms with E-state index in [9.17, 15) is 10.1 Å². The minimum atomic E-state index is -0.445. The zero-order valence-electron chi connectivity index (χ0n) is 16.6. The SMILES string of the molecule is CC(Sc1nc(C2CC2)n(-c2ccccc2)n1)c1nnc(-c2ccc([N+](=O)[O-])cc2)o1. The van der Waals surface area contributed by atoms with Crippen LogP contribution in [0.25, 0.3) is 17.1 Å². The molecule has 0 aliphatic heterocycles. The molecule has 31 heavy (non-hydrogen) atoms. The smallest absolute Gasteiger partial charge is 0.269 e. The highest BCUT2D eigenvalue weighted by Crippen LogP contribution is 2.42. The lowest BCUT2D eigenvalue weighted by Crippen LogP contribution is -2.01. The number of hydrogen-bond acceptors (Lipinski definition) is 8. The summed E-state index contributed by atoms with van der Waals surface area (Å²) in [5, 5.41) is 24.3. The first-order valence-electron chi connectivity index (χ1n) is 9.86. The topological polar surface area (TPSA) is 113 Å². The molecule has 10 heteroatoms. The molecular weight excluding hydrogens is 416 g/mol. The van der Waals surface area contributed by atoms with Gasteiger partial charge in [-0.3, -0.25) is 10.1 Å². The average molecular weight is 434 g/mol. The maximum Gasteiger partial charge on any atom is 0.269 e. The Kier molecular flexibility index (Phi) is 4.99. The summed E-state index contributed by atoms with van der Waals surface area (Å²) in [6, 6.07) is 16.0. The molecule has 9 nitrogen and oxygen atoms in total. The van der Waals surface area contributed by atoms with E-state index >= 15 is 0 Å². The molecule has 2 aromatic heterocycles. The Morgan fingerprint density at radius 3 is 2.55 bits per heavy atom. The van der Waals surface area contributed by atoms with Crippen LogP contribution in [-0.4, -0.2) is 29.9 Å². The van der Waals surface area contributed by atoms with Gasteiger partial charge in [0.1, 0.15) is 5.82 Å². The van der Waals surface area contributed by atoms with E-state index in [4.69, 9.17) is 14.5 Å². The van der Waals surface area contributed by atoms with Crippen molar-refractivity contribution in [1.82, 2.24) is 25.0 Å². The second-order valence-electron chi connectivity index (χ2n) is 7.28. The lowest BCUT2D eigenvalue weighted by atomic mass is 10.2. The zero-order valence-corrected chi connectivity index (χ0v) is 17.4. The van der Waals surface area contributed by atoms with E-state index in [2.05, 4.69) is 10.2 Å². The van der Waals surface area contributed by atoms with Crippen molar-refractivity contribution in [2.45, 2.75) is 36.1 Å². The highest BCUT2D eigenvalue weighted by atomic mass is 32.2. The van der Waals surface area contributed by atoms with Crippen LogP contribution in [0.1, 0.15) is 42.6 Å². The molecule has 0 amide bonds. The second-order valence-corrected chi connectivity index (χ2v) is 8.59. The van der Waals surface area contributed by atoms with Gasteiger partial charge in [0.05, 0.1) is 15.9 Å². The third kappa shape index (κ3) is 4.06. The maximum atomic E-state index is 10.8. The van der Waals surface area contributed by atoms with E-state index in [1.807, 2.05) is 41.9 Å². The number of nitro benzene ring substituents is 1. The fourth-order valence-corrected chi connectivity index (χ4v) is 3.96. The molecule has 1 unspecified atom stereocenters. The molecular formula is C21H18N6O3S. The first-order chi connectivity index (χ1) is 15.1. The Hall–Kier alpha value is -3.53. The molecule has 0 N–H and O–H groups in total. The molecule has 1 saturated carbocycles. The van der Waals surface area contributed by atoms with Crippen molar-refractivity contribution >= 4 is 17.4 Å². The fourth-order valence-electron chi connectivity index (χ4n) is 3.17. The van der Waals surface area contributed by atoms with E-state index in [0.717, 1.165) is 24.4 Å². The van der Waals surface area contributed by atoms with Crippen molar-refractivity contribution in [1.29, 1.82) is 0 Å². The van der Waals surface area contributed by atoms with Crippen LogP contribution in [0.15, 0.2) is 64.2 Å². The first kappa shape index (κ1) is 19.4. The van der Waals surface area contributed by atoms with Gasteiger partial charge in [-0.05, 0) is 44.0 Å². The van der Waals surface area contributed by atoms with E-state index < -0.39 is 4.92 Å². The first-order valence-corrected chi connectivity index (χ1v) is 10.7. The summed E-state index contributed by atoms with van der Waals surface area (Å²) in [5.41, 5.74) is 1.64. The molecule has 4 aromatic rings. The summed E-state index contributed by atoms with van der Waals surface area (Å²) >= 11 is 1.46. The van der Waals surface area contributed by atoms with Crippen LogP contribution in [0.3, 0.4) is 0 Å². The molecule has 0 saturated heterocycles. The molecule has 0 radical (unpaired) electrons. The van der Waals surface area contributed by atoms with Crippen molar-refractivity contribution < 1.29 is 9.34 Å². The highest BCUT2D eigenvalue weighted by molar-refractivity contribution is 7.99. The summed E-state index contributed by atoms with van der Waals surface area (Å²) in [6.45, 7) is 1.96. The normalized spacial score (nSPS) is 14.5. The van der Waals surface area contributed by atoms with E-state index in [1.54, 1.807) is 12.1 Å². The fraction of sp³-hybridized carbons (Fsp3) is 0.238. The number of non-ortho nitro benzene ring substituents is 1. The van der Waals surface area contributed by atoms with Gasteiger partial charge in [0.25, 0.3) is 5.69 Å². The monoisotopic (exact) mass is 434 g/mol. The van der Waals surface area contributed by atoms with Crippen molar-refractivity contribution in [2.24, 2.45) is 0 Å². The van der Waals surface area contributed by atoms with Gasteiger partial charge in [-0.15, -0.1) is 15.3 Å². The summed E-state index contributed by atoms with van der Waals surface area (Å²) in [7, 11) is 0. The number of hydrogen-bond donors (Lipinski definition) is 0. The summed E-state index contributed by atoms with van der Waals surface area (Å²) < 4.78 is 7.73. The lowest BCUT2D eigenvalue weighted by Gasteiger charge is -2.04. The van der Waals surface area contributed by atoms with Crippen LogP contribution in [-0.2, 0) is 0 Å². The van der Waals surface area contributed by atoms with Crippen molar-refractivity contribution in [3.8, 4) is 17.1 Å². The predicted molar refractivity (Wildman–Crippen MR) is 114 cm³/mol. The molecule has 0 spiro atoms. The van der Waals surface area contributed by atoms with E-state index in [0.29, 0.717) is 28.4 Å². The Morgan fingerprint density at radius 1 is 1.13 bits per heavy atom. The number of nitrogens with zero attached hydrogens (tertiary/aromatic N) is 6. The van der Waals surface area contributed by atoms with Crippen LogP contribution in [0, 0.1) is 10.1 Å². The van der Waals surface area contributed by atoms with Crippen LogP contribution in [0.5, 0.6) is 0 Å². The molecule has 5 rings (SSSR count). The van der Waals surface area contributed by atoms with Crippen molar-refractivity contribution in [2.75, 3.05) is 0 Å². The Bertz CT molecular complexity index is 1220. The molecule has 2 aromatic carbocycles. The van der Waals surface area contributed by atoms with Gasteiger partial charge in [0.2, 0.25) is 16.9 Å². The van der Waals surface area contributed by atoms with Gasteiger partial charge in [0.15, 0.2) is 0 Å². The van der Waals surface area contributed by atoms with E-state index in [-0.39, 0.29) is 10.9 Å². The summed E-state index contributed by atoms with van der Waals surface area (Å²) in [4.78, 5) is 15.1. The number of para-hydroxylation sites is 1. The highest BCUT2D eigenvalue weighted by Gasteiger charge is 2.31. The lowest BCUT2D eigenvalue weighted by molar-refractivity contribution is -0.384. The van der Waals surface area contributed by atoms with Crippen molar-refractivity contribution in [3.63, 3.8) is 0 Å². The van der Waals surface area contributed by atoms with Gasteiger partial charge in [-0.25, -0.2) is 9.67 Å². The number of nitro groups is 1. The number of aromatic nitrogens is 5. The van der Waals surface area contributed by atoms with Gasteiger partial charge >= 0.3 is 0 Å². The maximum absolute atomic E-state index is 10.8. The number of rotatable bonds is 7. The van der Waals surface area contributed by atoms with Gasteiger partial charge < -0.3 is 4.42 Å². The molecule has 1 atom stereocenters. The molecule has 156 valence electrons. The second kappa shape index (κ2) is 7.95. The largest absolute Gasteiger partial charge is 0.419 e. The van der Waals surface area contributed by atoms with Crippen LogP contribution in [0.2, 0.25) is 0 Å². The van der Waals surface area contributed by atoms with Gasteiger partial charge in [0, 0.05) is 23.6 Å². The summed E-state index contributed by atoms with van der Waals surface area (Å²) in [5.74, 6) is 2.20.